The minimum Gasteiger partial charge on any atom is -0.444 e. The molecule has 1 aliphatic heterocycles. The Balaban J connectivity index is 1.72. The molecule has 1 aromatic rings. The number of carbonyl (C=O) groups is 1. The van der Waals surface area contributed by atoms with Crippen molar-refractivity contribution in [2.24, 2.45) is 5.92 Å². The number of nitrogens with zero attached hydrogens (tertiary/aromatic N) is 3. The Morgan fingerprint density at radius 1 is 1.45 bits per heavy atom. The number of likely N-dealkylation sites (tertiary alicyclic amines) is 1. The van der Waals surface area contributed by atoms with Crippen LogP contribution in [0.15, 0.2) is 4.52 Å². The molecule has 0 unspecified atom stereocenters. The fourth-order valence-electron chi connectivity index (χ4n) is 2.09. The van der Waals surface area contributed by atoms with E-state index in [9.17, 15) is 4.79 Å². The second kappa shape index (κ2) is 6.89. The van der Waals surface area contributed by atoms with Crippen molar-refractivity contribution in [3.05, 3.63) is 11.7 Å². The molecule has 1 aromatic heterocycles. The predicted octanol–water partition coefficient (Wildman–Crippen LogP) is 3.12. The number of hydrogen-bond acceptors (Lipinski definition) is 6. The van der Waals surface area contributed by atoms with Gasteiger partial charge in [-0.3, -0.25) is 0 Å². The van der Waals surface area contributed by atoms with Crippen LogP contribution in [-0.4, -0.2) is 45.1 Å². The van der Waals surface area contributed by atoms with Crippen molar-refractivity contribution in [3.63, 3.8) is 0 Å². The Bertz CT molecular complexity index is 504. The topological polar surface area (TPSA) is 68.5 Å². The van der Waals surface area contributed by atoms with Gasteiger partial charge in [0, 0.05) is 25.4 Å². The summed E-state index contributed by atoms with van der Waals surface area (Å²) in [6, 6.07) is 0. The summed E-state index contributed by atoms with van der Waals surface area (Å²) in [5.74, 6) is 2.55. The van der Waals surface area contributed by atoms with E-state index >= 15 is 0 Å². The van der Waals surface area contributed by atoms with Gasteiger partial charge in [0.05, 0.1) is 5.75 Å². The Labute approximate surface area is 136 Å². The van der Waals surface area contributed by atoms with Gasteiger partial charge in [-0.05, 0) is 26.0 Å². The molecule has 124 valence electrons. The minimum atomic E-state index is -0.447. The monoisotopic (exact) mass is 327 g/mol. The lowest BCUT2D eigenvalue weighted by molar-refractivity contribution is -0.00186. The fraction of sp³-hybridized carbons (Fsp3) is 0.800. The van der Waals surface area contributed by atoms with Gasteiger partial charge in [0.25, 0.3) is 0 Å². The summed E-state index contributed by atoms with van der Waals surface area (Å²) in [4.78, 5) is 18.0. The second-order valence-electron chi connectivity index (χ2n) is 6.92. The molecule has 22 heavy (non-hydrogen) atoms. The molecule has 1 aliphatic rings. The van der Waals surface area contributed by atoms with E-state index in [1.807, 2.05) is 20.8 Å². The first-order valence-electron chi connectivity index (χ1n) is 7.64. The number of thioether (sulfide) groups is 1. The molecule has 0 radical (unpaired) electrons. The molecule has 0 bridgehead atoms. The highest BCUT2D eigenvalue weighted by Crippen LogP contribution is 2.23. The van der Waals surface area contributed by atoms with Crippen LogP contribution in [0, 0.1) is 5.92 Å². The summed E-state index contributed by atoms with van der Waals surface area (Å²) in [5.41, 5.74) is -0.447. The number of carbonyl (C=O) groups excluding carboxylic acids is 1. The summed E-state index contributed by atoms with van der Waals surface area (Å²) < 4.78 is 10.6. The first-order chi connectivity index (χ1) is 10.2. The smallest absolute Gasteiger partial charge is 0.410 e. The molecule has 1 saturated heterocycles. The molecule has 2 heterocycles. The standard InChI is InChI=1S/C15H25N3O3S/c1-10(2)22-9-12-16-13(21-17-12)6-11-7-18(8-11)14(19)20-15(3,4)5/h10-11H,6-9H2,1-5H3. The second-order valence-corrected chi connectivity index (χ2v) is 8.48. The van der Waals surface area contributed by atoms with Crippen molar-refractivity contribution in [2.45, 2.75) is 57.6 Å². The van der Waals surface area contributed by atoms with Gasteiger partial charge in [-0.15, -0.1) is 0 Å². The van der Waals surface area contributed by atoms with Crippen LogP contribution in [0.1, 0.15) is 46.3 Å². The van der Waals surface area contributed by atoms with E-state index in [0.29, 0.717) is 30.1 Å². The molecule has 1 amide bonds. The van der Waals surface area contributed by atoms with Crippen molar-refractivity contribution < 1.29 is 14.1 Å². The van der Waals surface area contributed by atoms with Gasteiger partial charge >= 0.3 is 6.09 Å². The van der Waals surface area contributed by atoms with Crippen molar-refractivity contribution in [2.75, 3.05) is 13.1 Å². The lowest BCUT2D eigenvalue weighted by atomic mass is 9.97. The molecular weight excluding hydrogens is 302 g/mol. The molecule has 0 aromatic carbocycles. The lowest BCUT2D eigenvalue weighted by Crippen LogP contribution is -2.52. The number of aromatic nitrogens is 2. The van der Waals surface area contributed by atoms with Crippen LogP contribution in [0.3, 0.4) is 0 Å². The first-order valence-corrected chi connectivity index (χ1v) is 8.69. The summed E-state index contributed by atoms with van der Waals surface area (Å²) in [5, 5.41) is 4.54. The van der Waals surface area contributed by atoms with Crippen LogP contribution in [0.25, 0.3) is 0 Å². The molecule has 6 nitrogen and oxygen atoms in total. The highest BCUT2D eigenvalue weighted by atomic mass is 32.2. The maximum Gasteiger partial charge on any atom is 0.410 e. The molecule has 0 atom stereocenters. The van der Waals surface area contributed by atoms with Crippen LogP contribution >= 0.6 is 11.8 Å². The maximum absolute atomic E-state index is 11.8. The average Bonchev–Trinajstić information content (AvgIpc) is 2.76. The highest BCUT2D eigenvalue weighted by Gasteiger charge is 2.34. The number of rotatable bonds is 5. The lowest BCUT2D eigenvalue weighted by Gasteiger charge is -2.39. The number of ether oxygens (including phenoxy) is 1. The largest absolute Gasteiger partial charge is 0.444 e. The third-order valence-corrected chi connectivity index (χ3v) is 4.22. The maximum atomic E-state index is 11.8. The molecular formula is C15H25N3O3S. The number of amides is 1. The summed E-state index contributed by atoms with van der Waals surface area (Å²) >= 11 is 1.79. The van der Waals surface area contributed by atoms with E-state index in [1.165, 1.54) is 0 Å². The molecule has 0 N–H and O–H groups in total. The molecule has 0 spiro atoms. The van der Waals surface area contributed by atoms with Gasteiger partial charge in [0.2, 0.25) is 5.89 Å². The molecule has 0 aliphatic carbocycles. The van der Waals surface area contributed by atoms with E-state index in [-0.39, 0.29) is 6.09 Å². The van der Waals surface area contributed by atoms with Crippen molar-refractivity contribution in [1.82, 2.24) is 15.0 Å². The van der Waals surface area contributed by atoms with E-state index in [4.69, 9.17) is 9.26 Å². The van der Waals surface area contributed by atoms with Gasteiger partial charge in [0.1, 0.15) is 5.60 Å². The zero-order valence-corrected chi connectivity index (χ0v) is 14.8. The van der Waals surface area contributed by atoms with Gasteiger partial charge in [-0.2, -0.15) is 16.7 Å². The number of hydrogen-bond donors (Lipinski definition) is 0. The van der Waals surface area contributed by atoms with Crippen LogP contribution in [0.5, 0.6) is 0 Å². The van der Waals surface area contributed by atoms with Gasteiger partial charge < -0.3 is 14.2 Å². The predicted molar refractivity (Wildman–Crippen MR) is 85.7 cm³/mol. The first kappa shape index (κ1) is 17.1. The third-order valence-electron chi connectivity index (χ3n) is 3.13. The molecule has 0 saturated carbocycles. The van der Waals surface area contributed by atoms with E-state index in [0.717, 1.165) is 18.0 Å². The van der Waals surface area contributed by atoms with E-state index in [2.05, 4.69) is 24.0 Å². The van der Waals surface area contributed by atoms with Crippen molar-refractivity contribution in [3.8, 4) is 0 Å². The van der Waals surface area contributed by atoms with Crippen molar-refractivity contribution >= 4 is 17.9 Å². The van der Waals surface area contributed by atoms with Gasteiger partial charge in [-0.1, -0.05) is 19.0 Å². The van der Waals surface area contributed by atoms with E-state index < -0.39 is 5.60 Å². The summed E-state index contributed by atoms with van der Waals surface area (Å²) in [7, 11) is 0. The van der Waals surface area contributed by atoms with Crippen LogP contribution in [-0.2, 0) is 16.9 Å². The van der Waals surface area contributed by atoms with Crippen LogP contribution in [0.4, 0.5) is 4.79 Å². The van der Waals surface area contributed by atoms with Gasteiger partial charge in [0.15, 0.2) is 5.82 Å². The Morgan fingerprint density at radius 2 is 2.14 bits per heavy atom. The van der Waals surface area contributed by atoms with Crippen LogP contribution in [0.2, 0.25) is 0 Å². The Morgan fingerprint density at radius 3 is 2.73 bits per heavy atom. The summed E-state index contributed by atoms with van der Waals surface area (Å²) in [6.07, 6.45) is 0.474. The zero-order valence-electron chi connectivity index (χ0n) is 14.0. The van der Waals surface area contributed by atoms with E-state index in [1.54, 1.807) is 16.7 Å². The Hall–Kier alpha value is -1.24. The molecule has 7 heteroatoms. The highest BCUT2D eigenvalue weighted by molar-refractivity contribution is 7.99. The van der Waals surface area contributed by atoms with Crippen LogP contribution < -0.4 is 0 Å². The average molecular weight is 327 g/mol. The van der Waals surface area contributed by atoms with Crippen molar-refractivity contribution in [1.29, 1.82) is 0 Å². The summed E-state index contributed by atoms with van der Waals surface area (Å²) in [6.45, 7) is 11.3. The fourth-order valence-corrected chi connectivity index (χ4v) is 2.69. The third kappa shape index (κ3) is 5.19. The SMILES string of the molecule is CC(C)SCc1noc(CC2CN(C(=O)OC(C)(C)C)C2)n1. The Kier molecular flexibility index (Phi) is 5.36. The van der Waals surface area contributed by atoms with Gasteiger partial charge in [-0.25, -0.2) is 4.79 Å². The molecule has 1 fully saturated rings. The quantitative estimate of drug-likeness (QED) is 0.827. The molecule has 2 rings (SSSR count). The normalized spacial score (nSPS) is 16.0. The zero-order chi connectivity index (χ0) is 16.3. The minimum absolute atomic E-state index is 0.247.